The van der Waals surface area contributed by atoms with Crippen LogP contribution >= 0.6 is 0 Å². The van der Waals surface area contributed by atoms with E-state index in [2.05, 4.69) is 23.4 Å². The first-order valence-electron chi connectivity index (χ1n) is 6.33. The van der Waals surface area contributed by atoms with E-state index in [0.717, 1.165) is 30.9 Å². The van der Waals surface area contributed by atoms with Crippen LogP contribution in [0.15, 0.2) is 0 Å². The highest BCUT2D eigenvalue weighted by Crippen LogP contribution is 2.25. The molecular formula is C13H21N3O. The predicted molar refractivity (Wildman–Crippen MR) is 67.3 cm³/mol. The third kappa shape index (κ3) is 2.08. The van der Waals surface area contributed by atoms with Crippen LogP contribution in [0.25, 0.3) is 0 Å². The maximum atomic E-state index is 12.1. The molecule has 0 spiro atoms. The second kappa shape index (κ2) is 4.51. The predicted octanol–water partition coefficient (Wildman–Crippen LogP) is 2.04. The van der Waals surface area contributed by atoms with Crippen molar-refractivity contribution in [2.45, 2.75) is 45.6 Å². The summed E-state index contributed by atoms with van der Waals surface area (Å²) in [4.78, 5) is 18.3. The van der Waals surface area contributed by atoms with Crippen LogP contribution < -0.4 is 0 Å². The van der Waals surface area contributed by atoms with Crippen LogP contribution in [0.5, 0.6) is 0 Å². The number of imidazole rings is 1. The van der Waals surface area contributed by atoms with Crippen molar-refractivity contribution in [2.24, 2.45) is 0 Å². The summed E-state index contributed by atoms with van der Waals surface area (Å²) >= 11 is 0. The molecule has 0 atom stereocenters. The molecule has 4 nitrogen and oxygen atoms in total. The van der Waals surface area contributed by atoms with Gasteiger partial charge < -0.3 is 9.47 Å². The largest absolute Gasteiger partial charge is 0.343 e. The molecule has 0 saturated carbocycles. The summed E-state index contributed by atoms with van der Waals surface area (Å²) in [6.07, 6.45) is 3.34. The average molecular weight is 235 g/mol. The van der Waals surface area contributed by atoms with Crippen LogP contribution in [0.3, 0.4) is 0 Å². The van der Waals surface area contributed by atoms with Crippen molar-refractivity contribution in [3.8, 4) is 0 Å². The molecule has 0 fully saturated rings. The SMILES string of the molecule is CC(C)c1nc(C(=O)N(C)C)c2n1CCCC2. The van der Waals surface area contributed by atoms with E-state index >= 15 is 0 Å². The van der Waals surface area contributed by atoms with Gasteiger partial charge in [-0.2, -0.15) is 0 Å². The molecule has 0 N–H and O–H groups in total. The van der Waals surface area contributed by atoms with Gasteiger partial charge >= 0.3 is 0 Å². The molecular weight excluding hydrogens is 214 g/mol. The summed E-state index contributed by atoms with van der Waals surface area (Å²) in [5, 5.41) is 0. The number of rotatable bonds is 2. The summed E-state index contributed by atoms with van der Waals surface area (Å²) in [5.41, 5.74) is 1.80. The lowest BCUT2D eigenvalue weighted by molar-refractivity contribution is 0.0820. The molecule has 2 rings (SSSR count). The van der Waals surface area contributed by atoms with Gasteiger partial charge in [0.25, 0.3) is 5.91 Å². The second-order valence-corrected chi connectivity index (χ2v) is 5.23. The molecule has 1 aliphatic heterocycles. The molecule has 0 saturated heterocycles. The van der Waals surface area contributed by atoms with E-state index in [1.165, 1.54) is 6.42 Å². The number of fused-ring (bicyclic) bond motifs is 1. The molecule has 1 aromatic rings. The number of amides is 1. The van der Waals surface area contributed by atoms with E-state index in [1.54, 1.807) is 19.0 Å². The molecule has 94 valence electrons. The first-order chi connectivity index (χ1) is 8.02. The van der Waals surface area contributed by atoms with Gasteiger partial charge in [-0.05, 0) is 19.3 Å². The van der Waals surface area contributed by atoms with Crippen LogP contribution in [-0.4, -0.2) is 34.5 Å². The van der Waals surface area contributed by atoms with Crippen molar-refractivity contribution in [2.75, 3.05) is 14.1 Å². The third-order valence-corrected chi connectivity index (χ3v) is 3.27. The first kappa shape index (κ1) is 12.1. The molecule has 1 aromatic heterocycles. The van der Waals surface area contributed by atoms with Crippen LogP contribution in [0.4, 0.5) is 0 Å². The molecule has 0 aromatic carbocycles. The molecule has 0 bridgehead atoms. The summed E-state index contributed by atoms with van der Waals surface area (Å²) in [6.45, 7) is 5.28. The molecule has 4 heteroatoms. The average Bonchev–Trinajstić information content (AvgIpc) is 2.67. The van der Waals surface area contributed by atoms with E-state index < -0.39 is 0 Å². The molecule has 1 aliphatic rings. The van der Waals surface area contributed by atoms with Gasteiger partial charge in [0.2, 0.25) is 0 Å². The Morgan fingerprint density at radius 2 is 2.06 bits per heavy atom. The van der Waals surface area contributed by atoms with Crippen molar-refractivity contribution in [3.63, 3.8) is 0 Å². The van der Waals surface area contributed by atoms with Crippen LogP contribution in [-0.2, 0) is 13.0 Å². The van der Waals surface area contributed by atoms with Gasteiger partial charge in [-0.25, -0.2) is 4.98 Å². The van der Waals surface area contributed by atoms with Crippen molar-refractivity contribution in [1.29, 1.82) is 0 Å². The summed E-state index contributed by atoms with van der Waals surface area (Å²) in [7, 11) is 3.57. The van der Waals surface area contributed by atoms with E-state index in [9.17, 15) is 4.79 Å². The number of carbonyl (C=O) groups is 1. The van der Waals surface area contributed by atoms with Gasteiger partial charge in [0.05, 0.1) is 5.69 Å². The lowest BCUT2D eigenvalue weighted by atomic mass is 10.1. The van der Waals surface area contributed by atoms with E-state index in [4.69, 9.17) is 0 Å². The minimum absolute atomic E-state index is 0.0301. The van der Waals surface area contributed by atoms with Gasteiger partial charge in [-0.1, -0.05) is 13.8 Å². The van der Waals surface area contributed by atoms with Gasteiger partial charge in [-0.15, -0.1) is 0 Å². The van der Waals surface area contributed by atoms with Crippen molar-refractivity contribution < 1.29 is 4.79 Å². The summed E-state index contributed by atoms with van der Waals surface area (Å²) in [5.74, 6) is 1.46. The number of hydrogen-bond donors (Lipinski definition) is 0. The first-order valence-corrected chi connectivity index (χ1v) is 6.33. The smallest absolute Gasteiger partial charge is 0.273 e. The Labute approximate surface area is 103 Å². The molecule has 1 amide bonds. The van der Waals surface area contributed by atoms with Gasteiger partial charge in [-0.3, -0.25) is 4.79 Å². The van der Waals surface area contributed by atoms with Crippen LogP contribution in [0.1, 0.15) is 54.6 Å². The molecule has 0 aliphatic carbocycles. The number of aromatic nitrogens is 2. The van der Waals surface area contributed by atoms with Gasteiger partial charge in [0.15, 0.2) is 0 Å². The van der Waals surface area contributed by atoms with Crippen LogP contribution in [0, 0.1) is 0 Å². The highest BCUT2D eigenvalue weighted by molar-refractivity contribution is 5.93. The Morgan fingerprint density at radius 3 is 2.65 bits per heavy atom. The Kier molecular flexibility index (Phi) is 3.22. The molecule has 0 unspecified atom stereocenters. The quantitative estimate of drug-likeness (QED) is 0.786. The number of carbonyl (C=O) groups excluding carboxylic acids is 1. The van der Waals surface area contributed by atoms with E-state index in [-0.39, 0.29) is 5.91 Å². The summed E-state index contributed by atoms with van der Waals surface area (Å²) in [6, 6.07) is 0. The lowest BCUT2D eigenvalue weighted by Gasteiger charge is -2.18. The van der Waals surface area contributed by atoms with Gasteiger partial charge in [0, 0.05) is 26.6 Å². The zero-order valence-corrected chi connectivity index (χ0v) is 11.2. The number of nitrogens with zero attached hydrogens (tertiary/aromatic N) is 3. The van der Waals surface area contributed by atoms with E-state index in [1.807, 2.05) is 0 Å². The molecule has 2 heterocycles. The Bertz CT molecular complexity index is 432. The molecule has 0 radical (unpaired) electrons. The van der Waals surface area contributed by atoms with Crippen molar-refractivity contribution in [1.82, 2.24) is 14.5 Å². The van der Waals surface area contributed by atoms with Crippen molar-refractivity contribution >= 4 is 5.91 Å². The summed E-state index contributed by atoms with van der Waals surface area (Å²) < 4.78 is 2.25. The highest BCUT2D eigenvalue weighted by Gasteiger charge is 2.25. The standard InChI is InChI=1S/C13H21N3O/c1-9(2)12-14-11(13(17)15(3)4)10-7-5-6-8-16(10)12/h9H,5-8H2,1-4H3. The van der Waals surface area contributed by atoms with Gasteiger partial charge in [0.1, 0.15) is 11.5 Å². The second-order valence-electron chi connectivity index (χ2n) is 5.23. The van der Waals surface area contributed by atoms with Crippen molar-refractivity contribution in [3.05, 3.63) is 17.2 Å². The fourth-order valence-corrected chi connectivity index (χ4v) is 2.39. The third-order valence-electron chi connectivity index (χ3n) is 3.27. The monoisotopic (exact) mass is 235 g/mol. The minimum Gasteiger partial charge on any atom is -0.343 e. The fourth-order valence-electron chi connectivity index (χ4n) is 2.39. The maximum absolute atomic E-state index is 12.1. The zero-order valence-electron chi connectivity index (χ0n) is 11.2. The zero-order chi connectivity index (χ0) is 12.6. The Balaban J connectivity index is 2.49. The van der Waals surface area contributed by atoms with E-state index in [0.29, 0.717) is 11.6 Å². The minimum atomic E-state index is 0.0301. The Hall–Kier alpha value is -1.32. The lowest BCUT2D eigenvalue weighted by Crippen LogP contribution is -2.24. The Morgan fingerprint density at radius 1 is 1.35 bits per heavy atom. The molecule has 17 heavy (non-hydrogen) atoms. The van der Waals surface area contributed by atoms with Crippen LogP contribution in [0.2, 0.25) is 0 Å². The maximum Gasteiger partial charge on any atom is 0.273 e. The topological polar surface area (TPSA) is 38.1 Å². The fraction of sp³-hybridized carbons (Fsp3) is 0.692. The normalized spacial score (nSPS) is 14.9. The highest BCUT2D eigenvalue weighted by atomic mass is 16.2. The number of hydrogen-bond acceptors (Lipinski definition) is 2.